The molecule has 0 radical (unpaired) electrons. The molecule has 1 aromatic carbocycles. The molecule has 0 saturated heterocycles. The molecule has 0 aliphatic carbocycles. The lowest BCUT2D eigenvalue weighted by Crippen LogP contribution is -2.44. The van der Waals surface area contributed by atoms with Crippen LogP contribution in [0.3, 0.4) is 0 Å². The van der Waals surface area contributed by atoms with Crippen LogP contribution in [0.4, 0.5) is 0 Å². The standard InChI is InChI=1S/C14H20N2O.ClH/c1-3-10(2)13(15)14(17)16-8-11-6-4-5-7-12(11)9-16;/h4-7,10,13H,3,8-9,15H2,1-2H3;1H/t10-,13+;/m1./s1. The Hall–Kier alpha value is -1.06. The van der Waals surface area contributed by atoms with E-state index in [9.17, 15) is 4.79 Å². The second-order valence-corrected chi connectivity index (χ2v) is 4.87. The minimum absolute atomic E-state index is 0. The zero-order valence-corrected chi connectivity index (χ0v) is 11.7. The normalized spacial score (nSPS) is 16.7. The number of nitrogens with two attached hydrogens (primary N) is 1. The summed E-state index contributed by atoms with van der Waals surface area (Å²) >= 11 is 0. The summed E-state index contributed by atoms with van der Waals surface area (Å²) in [6.45, 7) is 5.51. The molecule has 0 spiro atoms. The fourth-order valence-electron chi connectivity index (χ4n) is 2.20. The van der Waals surface area contributed by atoms with Crippen molar-refractivity contribution in [2.75, 3.05) is 0 Å². The van der Waals surface area contributed by atoms with Gasteiger partial charge in [-0.3, -0.25) is 4.79 Å². The van der Waals surface area contributed by atoms with Crippen molar-refractivity contribution < 1.29 is 4.79 Å². The summed E-state index contributed by atoms with van der Waals surface area (Å²) < 4.78 is 0. The Bertz CT molecular complexity index is 397. The fraction of sp³-hybridized carbons (Fsp3) is 0.500. The van der Waals surface area contributed by atoms with Crippen LogP contribution in [0.1, 0.15) is 31.4 Å². The number of nitrogens with zero attached hydrogens (tertiary/aromatic N) is 1. The number of rotatable bonds is 3. The molecule has 0 bridgehead atoms. The zero-order chi connectivity index (χ0) is 12.4. The van der Waals surface area contributed by atoms with E-state index >= 15 is 0 Å². The summed E-state index contributed by atoms with van der Waals surface area (Å²) in [6, 6.07) is 7.83. The molecular formula is C14H21ClN2O. The number of carbonyl (C=O) groups excluding carboxylic acids is 1. The molecule has 2 rings (SSSR count). The van der Waals surface area contributed by atoms with E-state index < -0.39 is 0 Å². The average Bonchev–Trinajstić information content (AvgIpc) is 2.79. The minimum Gasteiger partial charge on any atom is -0.333 e. The quantitative estimate of drug-likeness (QED) is 0.915. The smallest absolute Gasteiger partial charge is 0.240 e. The van der Waals surface area contributed by atoms with E-state index in [1.165, 1.54) is 11.1 Å². The number of carbonyl (C=O) groups is 1. The van der Waals surface area contributed by atoms with Crippen LogP contribution in [0.25, 0.3) is 0 Å². The lowest BCUT2D eigenvalue weighted by Gasteiger charge is -2.23. The molecule has 0 aromatic heterocycles. The third kappa shape index (κ3) is 2.85. The van der Waals surface area contributed by atoms with E-state index in [0.717, 1.165) is 6.42 Å². The summed E-state index contributed by atoms with van der Waals surface area (Å²) in [4.78, 5) is 14.1. The Morgan fingerprint density at radius 3 is 2.28 bits per heavy atom. The van der Waals surface area contributed by atoms with Gasteiger partial charge in [0.05, 0.1) is 6.04 Å². The first kappa shape index (κ1) is 15.0. The molecule has 100 valence electrons. The van der Waals surface area contributed by atoms with Crippen LogP contribution >= 0.6 is 12.4 Å². The van der Waals surface area contributed by atoms with Gasteiger partial charge in [0.1, 0.15) is 0 Å². The van der Waals surface area contributed by atoms with Crippen LogP contribution in [0.5, 0.6) is 0 Å². The highest BCUT2D eigenvalue weighted by Gasteiger charge is 2.28. The predicted octanol–water partition coefficient (Wildman–Crippen LogP) is 2.32. The molecule has 2 atom stereocenters. The van der Waals surface area contributed by atoms with Crippen molar-refractivity contribution in [3.63, 3.8) is 0 Å². The Morgan fingerprint density at radius 1 is 1.33 bits per heavy atom. The van der Waals surface area contributed by atoms with E-state index in [1.54, 1.807) is 0 Å². The molecule has 4 heteroatoms. The van der Waals surface area contributed by atoms with Crippen molar-refractivity contribution in [2.24, 2.45) is 11.7 Å². The molecule has 2 N–H and O–H groups in total. The Morgan fingerprint density at radius 2 is 1.83 bits per heavy atom. The van der Waals surface area contributed by atoms with Crippen LogP contribution in [0, 0.1) is 5.92 Å². The number of halogens is 1. The minimum atomic E-state index is -0.366. The average molecular weight is 269 g/mol. The number of hydrogen-bond donors (Lipinski definition) is 1. The number of fused-ring (bicyclic) bond motifs is 1. The zero-order valence-electron chi connectivity index (χ0n) is 10.9. The maximum Gasteiger partial charge on any atom is 0.240 e. The van der Waals surface area contributed by atoms with Gasteiger partial charge >= 0.3 is 0 Å². The monoisotopic (exact) mass is 268 g/mol. The topological polar surface area (TPSA) is 46.3 Å². The van der Waals surface area contributed by atoms with E-state index in [4.69, 9.17) is 5.73 Å². The van der Waals surface area contributed by atoms with E-state index in [0.29, 0.717) is 13.1 Å². The van der Waals surface area contributed by atoms with Crippen LogP contribution in [0.2, 0.25) is 0 Å². The first-order chi connectivity index (χ1) is 8.13. The largest absolute Gasteiger partial charge is 0.333 e. The van der Waals surface area contributed by atoms with E-state index in [-0.39, 0.29) is 30.3 Å². The first-order valence-electron chi connectivity index (χ1n) is 6.24. The van der Waals surface area contributed by atoms with Gasteiger partial charge in [-0.15, -0.1) is 12.4 Å². The van der Waals surface area contributed by atoms with Gasteiger partial charge in [0, 0.05) is 13.1 Å². The second kappa shape index (κ2) is 6.21. The highest BCUT2D eigenvalue weighted by atomic mass is 35.5. The third-order valence-corrected chi connectivity index (χ3v) is 3.69. The second-order valence-electron chi connectivity index (χ2n) is 4.87. The maximum atomic E-state index is 12.2. The Labute approximate surface area is 115 Å². The SMILES string of the molecule is CC[C@@H](C)[C@H](N)C(=O)N1Cc2ccccc2C1.Cl. The van der Waals surface area contributed by atoms with Gasteiger partial charge in [-0.2, -0.15) is 0 Å². The van der Waals surface area contributed by atoms with Gasteiger partial charge in [0.25, 0.3) is 0 Å². The summed E-state index contributed by atoms with van der Waals surface area (Å²) in [5, 5.41) is 0. The van der Waals surface area contributed by atoms with Gasteiger partial charge in [-0.25, -0.2) is 0 Å². The number of benzene rings is 1. The molecule has 18 heavy (non-hydrogen) atoms. The van der Waals surface area contributed by atoms with Crippen LogP contribution in [-0.4, -0.2) is 16.8 Å². The molecule has 1 aliphatic rings. The van der Waals surface area contributed by atoms with E-state index in [1.807, 2.05) is 24.0 Å². The van der Waals surface area contributed by atoms with Crippen molar-refractivity contribution in [1.29, 1.82) is 0 Å². The van der Waals surface area contributed by atoms with Crippen molar-refractivity contribution in [3.05, 3.63) is 35.4 Å². The lowest BCUT2D eigenvalue weighted by molar-refractivity contribution is -0.134. The van der Waals surface area contributed by atoms with E-state index in [2.05, 4.69) is 19.1 Å². The molecular weight excluding hydrogens is 248 g/mol. The summed E-state index contributed by atoms with van der Waals surface area (Å²) in [6.07, 6.45) is 0.938. The highest BCUT2D eigenvalue weighted by molar-refractivity contribution is 5.85. The number of hydrogen-bond acceptors (Lipinski definition) is 2. The molecule has 1 aromatic rings. The molecule has 0 saturated carbocycles. The van der Waals surface area contributed by atoms with Gasteiger partial charge in [0.15, 0.2) is 0 Å². The predicted molar refractivity (Wildman–Crippen MR) is 75.4 cm³/mol. The lowest BCUT2D eigenvalue weighted by atomic mass is 9.99. The van der Waals surface area contributed by atoms with Crippen molar-refractivity contribution in [3.8, 4) is 0 Å². The van der Waals surface area contributed by atoms with Crippen LogP contribution < -0.4 is 5.73 Å². The maximum absolute atomic E-state index is 12.2. The fourth-order valence-corrected chi connectivity index (χ4v) is 2.20. The molecule has 3 nitrogen and oxygen atoms in total. The summed E-state index contributed by atoms with van der Waals surface area (Å²) in [5.74, 6) is 0.321. The Kier molecular flexibility index (Phi) is 5.17. The highest BCUT2D eigenvalue weighted by Crippen LogP contribution is 2.23. The Balaban J connectivity index is 0.00000162. The summed E-state index contributed by atoms with van der Waals surface area (Å²) in [5.41, 5.74) is 8.49. The molecule has 1 aliphatic heterocycles. The van der Waals surface area contributed by atoms with Crippen molar-refractivity contribution in [1.82, 2.24) is 4.90 Å². The van der Waals surface area contributed by atoms with Crippen LogP contribution in [-0.2, 0) is 17.9 Å². The first-order valence-corrected chi connectivity index (χ1v) is 6.24. The molecule has 1 heterocycles. The summed E-state index contributed by atoms with van der Waals surface area (Å²) in [7, 11) is 0. The van der Waals surface area contributed by atoms with Gasteiger partial charge < -0.3 is 10.6 Å². The molecule has 0 fully saturated rings. The van der Waals surface area contributed by atoms with Crippen LogP contribution in [0.15, 0.2) is 24.3 Å². The van der Waals surface area contributed by atoms with Gasteiger partial charge in [0.2, 0.25) is 5.91 Å². The molecule has 1 amide bonds. The van der Waals surface area contributed by atoms with Gasteiger partial charge in [-0.05, 0) is 17.0 Å². The van der Waals surface area contributed by atoms with Crippen molar-refractivity contribution >= 4 is 18.3 Å². The van der Waals surface area contributed by atoms with Crippen molar-refractivity contribution in [2.45, 2.75) is 39.4 Å². The molecule has 0 unspecified atom stereocenters. The third-order valence-electron chi connectivity index (χ3n) is 3.69. The van der Waals surface area contributed by atoms with Gasteiger partial charge in [-0.1, -0.05) is 44.5 Å². The number of amides is 1.